The van der Waals surface area contributed by atoms with E-state index in [1.54, 1.807) is 0 Å². The third kappa shape index (κ3) is 2.49. The maximum absolute atomic E-state index is 5.91. The Balaban J connectivity index is 2.16. The maximum atomic E-state index is 5.91. The third-order valence-electron chi connectivity index (χ3n) is 4.06. The molecule has 0 amide bonds. The second-order valence-corrected chi connectivity index (χ2v) is 6.86. The van der Waals surface area contributed by atoms with E-state index in [2.05, 4.69) is 70.2 Å². The zero-order chi connectivity index (χ0) is 15.2. The Bertz CT molecular complexity index is 783. The van der Waals surface area contributed by atoms with Crippen molar-refractivity contribution < 1.29 is 4.42 Å². The molecule has 0 atom stereocenters. The molecule has 0 radical (unpaired) electrons. The van der Waals surface area contributed by atoms with E-state index >= 15 is 0 Å². The molecular weight excluding hydrogens is 256 g/mol. The lowest BCUT2D eigenvalue weighted by atomic mass is 9.86. The summed E-state index contributed by atoms with van der Waals surface area (Å²) in [5.41, 5.74) is 6.21. The van der Waals surface area contributed by atoms with Gasteiger partial charge in [-0.15, -0.1) is 0 Å². The van der Waals surface area contributed by atoms with Gasteiger partial charge in [0.2, 0.25) is 0 Å². The fraction of sp³-hybridized carbons (Fsp3) is 0.300. The number of fused-ring (bicyclic) bond motifs is 1. The SMILES string of the molecule is Cc1ccc2oc(C)c(-c3ccc(C(C)(C)C)cc3)c2c1. The summed E-state index contributed by atoms with van der Waals surface area (Å²) in [5.74, 6) is 0.985. The number of furan rings is 1. The molecule has 3 aromatic rings. The van der Waals surface area contributed by atoms with E-state index in [-0.39, 0.29) is 5.41 Å². The first kappa shape index (κ1) is 13.9. The van der Waals surface area contributed by atoms with Gasteiger partial charge >= 0.3 is 0 Å². The zero-order valence-electron chi connectivity index (χ0n) is 13.4. The lowest BCUT2D eigenvalue weighted by Crippen LogP contribution is -2.10. The van der Waals surface area contributed by atoms with Gasteiger partial charge in [-0.1, -0.05) is 56.7 Å². The van der Waals surface area contributed by atoms with Gasteiger partial charge in [-0.05, 0) is 42.5 Å². The van der Waals surface area contributed by atoms with Crippen molar-refractivity contribution in [3.8, 4) is 11.1 Å². The highest BCUT2D eigenvalue weighted by Gasteiger charge is 2.16. The predicted molar refractivity (Wildman–Crippen MR) is 89.8 cm³/mol. The fourth-order valence-corrected chi connectivity index (χ4v) is 2.83. The van der Waals surface area contributed by atoms with Crippen molar-refractivity contribution in [2.45, 2.75) is 40.0 Å². The van der Waals surface area contributed by atoms with Crippen LogP contribution in [-0.4, -0.2) is 0 Å². The molecule has 0 unspecified atom stereocenters. The Labute approximate surface area is 126 Å². The Kier molecular flexibility index (Phi) is 3.16. The molecule has 0 saturated carbocycles. The summed E-state index contributed by atoms with van der Waals surface area (Å²) in [7, 11) is 0. The van der Waals surface area contributed by atoms with Gasteiger partial charge in [0.25, 0.3) is 0 Å². The van der Waals surface area contributed by atoms with Crippen LogP contribution in [0.4, 0.5) is 0 Å². The van der Waals surface area contributed by atoms with Gasteiger partial charge in [0.1, 0.15) is 11.3 Å². The van der Waals surface area contributed by atoms with Crippen LogP contribution in [0.3, 0.4) is 0 Å². The van der Waals surface area contributed by atoms with Crippen LogP contribution in [0.2, 0.25) is 0 Å². The van der Waals surface area contributed by atoms with Gasteiger partial charge in [0.15, 0.2) is 0 Å². The molecule has 1 heteroatoms. The first-order valence-electron chi connectivity index (χ1n) is 7.47. The van der Waals surface area contributed by atoms with E-state index in [4.69, 9.17) is 4.42 Å². The number of benzene rings is 2. The minimum atomic E-state index is 0.183. The quantitative estimate of drug-likeness (QED) is 0.531. The zero-order valence-corrected chi connectivity index (χ0v) is 13.4. The van der Waals surface area contributed by atoms with Crippen molar-refractivity contribution in [2.24, 2.45) is 0 Å². The van der Waals surface area contributed by atoms with Crippen LogP contribution in [0.1, 0.15) is 37.7 Å². The summed E-state index contributed by atoms with van der Waals surface area (Å²) < 4.78 is 5.91. The van der Waals surface area contributed by atoms with E-state index < -0.39 is 0 Å². The molecule has 0 spiro atoms. The van der Waals surface area contributed by atoms with Crippen LogP contribution in [-0.2, 0) is 5.41 Å². The molecule has 0 fully saturated rings. The maximum Gasteiger partial charge on any atom is 0.134 e. The molecule has 1 aromatic heterocycles. The minimum absolute atomic E-state index is 0.183. The van der Waals surface area contributed by atoms with E-state index in [0.29, 0.717) is 0 Å². The second kappa shape index (κ2) is 4.77. The van der Waals surface area contributed by atoms with E-state index in [0.717, 1.165) is 11.3 Å². The summed E-state index contributed by atoms with van der Waals surface area (Å²) >= 11 is 0. The number of rotatable bonds is 1. The standard InChI is InChI=1S/C20H22O/c1-13-6-11-18-17(12-13)19(14(2)21-18)15-7-9-16(10-8-15)20(3,4)5/h6-12H,1-5H3. The van der Waals surface area contributed by atoms with Crippen LogP contribution < -0.4 is 0 Å². The van der Waals surface area contributed by atoms with Gasteiger partial charge in [-0.3, -0.25) is 0 Å². The molecule has 2 aromatic carbocycles. The van der Waals surface area contributed by atoms with Crippen LogP contribution >= 0.6 is 0 Å². The van der Waals surface area contributed by atoms with Crippen molar-refractivity contribution in [3.05, 3.63) is 59.4 Å². The van der Waals surface area contributed by atoms with Crippen LogP contribution in [0.15, 0.2) is 46.9 Å². The van der Waals surface area contributed by atoms with Crippen molar-refractivity contribution in [2.75, 3.05) is 0 Å². The van der Waals surface area contributed by atoms with Crippen molar-refractivity contribution in [1.29, 1.82) is 0 Å². The molecule has 108 valence electrons. The first-order valence-corrected chi connectivity index (χ1v) is 7.47. The molecule has 0 saturated heterocycles. The summed E-state index contributed by atoms with van der Waals surface area (Å²) in [6, 6.07) is 15.2. The van der Waals surface area contributed by atoms with E-state index in [1.165, 1.54) is 27.6 Å². The molecule has 1 heterocycles. The average Bonchev–Trinajstić information content (AvgIpc) is 2.73. The lowest BCUT2D eigenvalue weighted by molar-refractivity contribution is 0.580. The summed E-state index contributed by atoms with van der Waals surface area (Å²) in [6.45, 7) is 10.9. The van der Waals surface area contributed by atoms with Gasteiger partial charge in [-0.2, -0.15) is 0 Å². The topological polar surface area (TPSA) is 13.1 Å². The smallest absolute Gasteiger partial charge is 0.134 e. The molecule has 21 heavy (non-hydrogen) atoms. The highest BCUT2D eigenvalue weighted by Crippen LogP contribution is 2.35. The van der Waals surface area contributed by atoms with Crippen molar-refractivity contribution >= 4 is 11.0 Å². The monoisotopic (exact) mass is 278 g/mol. The first-order chi connectivity index (χ1) is 9.86. The largest absolute Gasteiger partial charge is 0.461 e. The molecule has 3 rings (SSSR count). The number of aryl methyl sites for hydroxylation is 2. The molecular formula is C20H22O. The summed E-state index contributed by atoms with van der Waals surface area (Å²) in [4.78, 5) is 0. The Morgan fingerprint density at radius 3 is 2.14 bits per heavy atom. The lowest BCUT2D eigenvalue weighted by Gasteiger charge is -2.19. The third-order valence-corrected chi connectivity index (χ3v) is 4.06. The Morgan fingerprint density at radius 1 is 0.857 bits per heavy atom. The molecule has 0 aliphatic carbocycles. The van der Waals surface area contributed by atoms with Crippen LogP contribution in [0.25, 0.3) is 22.1 Å². The molecule has 0 aliphatic heterocycles. The minimum Gasteiger partial charge on any atom is -0.461 e. The second-order valence-electron chi connectivity index (χ2n) is 6.86. The molecule has 1 nitrogen and oxygen atoms in total. The van der Waals surface area contributed by atoms with Crippen LogP contribution in [0, 0.1) is 13.8 Å². The summed E-state index contributed by atoms with van der Waals surface area (Å²) in [5, 5.41) is 1.20. The van der Waals surface area contributed by atoms with Crippen molar-refractivity contribution in [1.82, 2.24) is 0 Å². The highest BCUT2D eigenvalue weighted by atomic mass is 16.3. The van der Waals surface area contributed by atoms with Gasteiger partial charge < -0.3 is 4.42 Å². The van der Waals surface area contributed by atoms with Gasteiger partial charge in [0, 0.05) is 10.9 Å². The highest BCUT2D eigenvalue weighted by molar-refractivity contribution is 5.96. The number of hydrogen-bond donors (Lipinski definition) is 0. The van der Waals surface area contributed by atoms with Crippen molar-refractivity contribution in [3.63, 3.8) is 0 Å². The molecule has 0 N–H and O–H groups in total. The van der Waals surface area contributed by atoms with Gasteiger partial charge in [-0.25, -0.2) is 0 Å². The Hall–Kier alpha value is -2.02. The fourth-order valence-electron chi connectivity index (χ4n) is 2.83. The molecule has 0 bridgehead atoms. The van der Waals surface area contributed by atoms with E-state index in [9.17, 15) is 0 Å². The van der Waals surface area contributed by atoms with Gasteiger partial charge in [0.05, 0.1) is 0 Å². The molecule has 0 aliphatic rings. The van der Waals surface area contributed by atoms with E-state index in [1.807, 2.05) is 6.92 Å². The Morgan fingerprint density at radius 2 is 1.52 bits per heavy atom. The normalized spacial score (nSPS) is 12.0. The average molecular weight is 278 g/mol. The predicted octanol–water partition coefficient (Wildman–Crippen LogP) is 6.01. The number of hydrogen-bond acceptors (Lipinski definition) is 1. The summed E-state index contributed by atoms with van der Waals surface area (Å²) in [6.07, 6.45) is 0. The van der Waals surface area contributed by atoms with Crippen LogP contribution in [0.5, 0.6) is 0 Å².